The zero-order chi connectivity index (χ0) is 19.9. The average Bonchev–Trinajstić information content (AvgIpc) is 2.72. The largest absolute Gasteiger partial charge is 0.483 e. The fraction of sp³-hybridized carbons (Fsp3) is 0.167. The SMILES string of the molecule is C/C(=N\NC(=O)COc1c(C)cccc1C)c1ccc(-c2ccccc2)cc1. The average molecular weight is 372 g/mol. The second kappa shape index (κ2) is 9.00. The highest BCUT2D eigenvalue weighted by Gasteiger charge is 2.07. The summed E-state index contributed by atoms with van der Waals surface area (Å²) < 4.78 is 5.65. The molecule has 4 heteroatoms. The molecule has 0 bridgehead atoms. The standard InChI is InChI=1S/C24H24N2O2/c1-17-8-7-9-18(2)24(17)28-16-23(27)26-25-19(3)20-12-14-22(15-13-20)21-10-5-4-6-11-21/h4-15H,16H2,1-3H3,(H,26,27)/b25-19+. The summed E-state index contributed by atoms with van der Waals surface area (Å²) in [4.78, 5) is 12.1. The van der Waals surface area contributed by atoms with Crippen molar-refractivity contribution in [2.75, 3.05) is 6.61 Å². The monoisotopic (exact) mass is 372 g/mol. The molecule has 0 atom stereocenters. The first-order valence-electron chi connectivity index (χ1n) is 9.22. The minimum atomic E-state index is -0.289. The summed E-state index contributed by atoms with van der Waals surface area (Å²) in [6.07, 6.45) is 0. The molecule has 1 N–H and O–H groups in total. The van der Waals surface area contributed by atoms with E-state index < -0.39 is 0 Å². The van der Waals surface area contributed by atoms with E-state index in [1.165, 1.54) is 5.56 Å². The summed E-state index contributed by atoms with van der Waals surface area (Å²) in [6.45, 7) is 5.71. The van der Waals surface area contributed by atoms with Crippen LogP contribution in [0.4, 0.5) is 0 Å². The minimum Gasteiger partial charge on any atom is -0.483 e. The highest BCUT2D eigenvalue weighted by Crippen LogP contribution is 2.22. The number of hydrazone groups is 1. The lowest BCUT2D eigenvalue weighted by molar-refractivity contribution is -0.123. The number of ether oxygens (including phenoxy) is 1. The van der Waals surface area contributed by atoms with Crippen molar-refractivity contribution in [3.8, 4) is 16.9 Å². The van der Waals surface area contributed by atoms with Crippen molar-refractivity contribution in [2.45, 2.75) is 20.8 Å². The molecule has 3 aromatic rings. The topological polar surface area (TPSA) is 50.7 Å². The van der Waals surface area contributed by atoms with Gasteiger partial charge in [-0.05, 0) is 48.6 Å². The van der Waals surface area contributed by atoms with Crippen molar-refractivity contribution < 1.29 is 9.53 Å². The van der Waals surface area contributed by atoms with Crippen LogP contribution in [0.1, 0.15) is 23.6 Å². The zero-order valence-corrected chi connectivity index (χ0v) is 16.4. The molecule has 0 saturated heterocycles. The summed E-state index contributed by atoms with van der Waals surface area (Å²) in [5.41, 5.74) is 8.57. The summed E-state index contributed by atoms with van der Waals surface area (Å²) in [7, 11) is 0. The van der Waals surface area contributed by atoms with Gasteiger partial charge in [-0.15, -0.1) is 0 Å². The molecule has 0 aliphatic carbocycles. The van der Waals surface area contributed by atoms with Crippen LogP contribution in [0, 0.1) is 13.8 Å². The van der Waals surface area contributed by atoms with Crippen LogP contribution in [0.15, 0.2) is 77.9 Å². The van der Waals surface area contributed by atoms with E-state index in [9.17, 15) is 4.79 Å². The molecule has 0 aromatic heterocycles. The molecule has 28 heavy (non-hydrogen) atoms. The molecule has 1 amide bonds. The van der Waals surface area contributed by atoms with Gasteiger partial charge in [0.05, 0.1) is 5.71 Å². The van der Waals surface area contributed by atoms with Gasteiger partial charge in [-0.25, -0.2) is 5.43 Å². The second-order valence-electron chi connectivity index (χ2n) is 6.69. The van der Waals surface area contributed by atoms with Crippen molar-refractivity contribution in [2.24, 2.45) is 5.10 Å². The number of hydrogen-bond acceptors (Lipinski definition) is 3. The van der Waals surface area contributed by atoms with Crippen LogP contribution >= 0.6 is 0 Å². The lowest BCUT2D eigenvalue weighted by Gasteiger charge is -2.11. The normalized spacial score (nSPS) is 11.2. The Balaban J connectivity index is 1.58. The van der Waals surface area contributed by atoms with Crippen LogP contribution in [0.25, 0.3) is 11.1 Å². The maximum atomic E-state index is 12.1. The van der Waals surface area contributed by atoms with E-state index in [2.05, 4.69) is 34.8 Å². The Morgan fingerprint density at radius 1 is 0.857 bits per heavy atom. The minimum absolute atomic E-state index is 0.0740. The van der Waals surface area contributed by atoms with Crippen LogP contribution in [-0.4, -0.2) is 18.2 Å². The Morgan fingerprint density at radius 3 is 2.11 bits per heavy atom. The maximum Gasteiger partial charge on any atom is 0.277 e. The molecule has 4 nitrogen and oxygen atoms in total. The van der Waals surface area contributed by atoms with E-state index in [0.717, 1.165) is 33.7 Å². The molecule has 0 radical (unpaired) electrons. The fourth-order valence-corrected chi connectivity index (χ4v) is 2.94. The van der Waals surface area contributed by atoms with Gasteiger partial charge in [-0.1, -0.05) is 72.8 Å². The number of para-hydroxylation sites is 1. The zero-order valence-electron chi connectivity index (χ0n) is 16.4. The number of rotatable bonds is 6. The van der Waals surface area contributed by atoms with E-state index >= 15 is 0 Å². The summed E-state index contributed by atoms with van der Waals surface area (Å²) in [6, 6.07) is 24.2. The molecule has 142 valence electrons. The third kappa shape index (κ3) is 4.86. The maximum absolute atomic E-state index is 12.1. The van der Waals surface area contributed by atoms with E-state index in [0.29, 0.717) is 0 Å². The van der Waals surface area contributed by atoms with Crippen molar-refractivity contribution >= 4 is 11.6 Å². The molecule has 0 heterocycles. The Morgan fingerprint density at radius 2 is 1.46 bits per heavy atom. The number of hydrogen-bond donors (Lipinski definition) is 1. The lowest BCUT2D eigenvalue weighted by atomic mass is 10.0. The fourth-order valence-electron chi connectivity index (χ4n) is 2.94. The van der Waals surface area contributed by atoms with Gasteiger partial charge in [0.1, 0.15) is 5.75 Å². The van der Waals surface area contributed by atoms with Gasteiger partial charge >= 0.3 is 0 Å². The Hall–Kier alpha value is -3.40. The van der Waals surface area contributed by atoms with E-state index in [1.807, 2.05) is 69.3 Å². The smallest absolute Gasteiger partial charge is 0.277 e. The van der Waals surface area contributed by atoms with E-state index in [-0.39, 0.29) is 12.5 Å². The van der Waals surface area contributed by atoms with Crippen LogP contribution in [-0.2, 0) is 4.79 Å². The highest BCUT2D eigenvalue weighted by atomic mass is 16.5. The predicted octanol–water partition coefficient (Wildman–Crippen LogP) is 4.89. The first-order valence-corrected chi connectivity index (χ1v) is 9.22. The van der Waals surface area contributed by atoms with Crippen molar-refractivity contribution in [3.63, 3.8) is 0 Å². The van der Waals surface area contributed by atoms with E-state index in [4.69, 9.17) is 4.74 Å². The number of carbonyl (C=O) groups excluding carboxylic acids is 1. The second-order valence-corrected chi connectivity index (χ2v) is 6.69. The van der Waals surface area contributed by atoms with Gasteiger partial charge in [-0.3, -0.25) is 4.79 Å². The van der Waals surface area contributed by atoms with Crippen LogP contribution in [0.5, 0.6) is 5.75 Å². The van der Waals surface area contributed by atoms with Gasteiger partial charge in [0, 0.05) is 0 Å². The molecule has 0 unspecified atom stereocenters. The molecule has 0 spiro atoms. The third-order valence-electron chi connectivity index (χ3n) is 4.51. The predicted molar refractivity (Wildman–Crippen MR) is 114 cm³/mol. The molecule has 0 aliphatic heterocycles. The Labute approximate surface area is 165 Å². The molecule has 3 rings (SSSR count). The van der Waals surface area contributed by atoms with Gasteiger partial charge < -0.3 is 4.74 Å². The first-order chi connectivity index (χ1) is 13.5. The van der Waals surface area contributed by atoms with Gasteiger partial charge in [0.25, 0.3) is 5.91 Å². The van der Waals surface area contributed by atoms with Crippen molar-refractivity contribution in [3.05, 3.63) is 89.5 Å². The van der Waals surface area contributed by atoms with Gasteiger partial charge in [0.15, 0.2) is 6.61 Å². The number of nitrogens with one attached hydrogen (secondary N) is 1. The van der Waals surface area contributed by atoms with Crippen molar-refractivity contribution in [1.29, 1.82) is 0 Å². The van der Waals surface area contributed by atoms with Crippen LogP contribution in [0.2, 0.25) is 0 Å². The third-order valence-corrected chi connectivity index (χ3v) is 4.51. The Bertz CT molecular complexity index is 957. The number of nitrogens with zero attached hydrogens (tertiary/aromatic N) is 1. The number of amides is 1. The number of benzene rings is 3. The van der Waals surface area contributed by atoms with Crippen molar-refractivity contribution in [1.82, 2.24) is 5.43 Å². The molecule has 3 aromatic carbocycles. The van der Waals surface area contributed by atoms with E-state index in [1.54, 1.807) is 0 Å². The molecule has 0 aliphatic rings. The van der Waals surface area contributed by atoms with Crippen LogP contribution in [0.3, 0.4) is 0 Å². The molecule has 0 fully saturated rings. The van der Waals surface area contributed by atoms with Crippen LogP contribution < -0.4 is 10.2 Å². The Kier molecular flexibility index (Phi) is 6.22. The summed E-state index contributed by atoms with van der Waals surface area (Å²) in [5, 5.41) is 4.19. The quantitative estimate of drug-likeness (QED) is 0.495. The molecular weight excluding hydrogens is 348 g/mol. The molecule has 0 saturated carbocycles. The number of aryl methyl sites for hydroxylation is 2. The highest BCUT2D eigenvalue weighted by molar-refractivity contribution is 5.99. The van der Waals surface area contributed by atoms with Gasteiger partial charge in [0.2, 0.25) is 0 Å². The van der Waals surface area contributed by atoms with Gasteiger partial charge in [-0.2, -0.15) is 5.10 Å². The first kappa shape index (κ1) is 19.4. The summed E-state index contributed by atoms with van der Waals surface area (Å²) in [5.74, 6) is 0.456. The summed E-state index contributed by atoms with van der Waals surface area (Å²) >= 11 is 0. The molecular formula is C24H24N2O2. The lowest BCUT2D eigenvalue weighted by Crippen LogP contribution is -2.26. The number of carbonyl (C=O) groups is 1.